The summed E-state index contributed by atoms with van der Waals surface area (Å²) >= 11 is 0. The summed E-state index contributed by atoms with van der Waals surface area (Å²) in [5, 5.41) is 2.45. The molecule has 0 spiro atoms. The van der Waals surface area contributed by atoms with Crippen LogP contribution in [-0.4, -0.2) is 29.7 Å². The Balaban J connectivity index is 2.55. The second kappa shape index (κ2) is 7.79. The van der Waals surface area contributed by atoms with E-state index in [9.17, 15) is 9.59 Å². The van der Waals surface area contributed by atoms with Gasteiger partial charge in [-0.2, -0.15) is 0 Å². The van der Waals surface area contributed by atoms with E-state index in [-0.39, 0.29) is 6.61 Å². The number of carbonyl (C=O) groups is 2. The van der Waals surface area contributed by atoms with Gasteiger partial charge in [0.1, 0.15) is 12.6 Å². The van der Waals surface area contributed by atoms with E-state index in [4.69, 9.17) is 15.2 Å². The van der Waals surface area contributed by atoms with E-state index in [1.54, 1.807) is 6.92 Å². The number of ether oxygens (including phenoxy) is 2. The molecule has 1 aromatic carbocycles. The van der Waals surface area contributed by atoms with Crippen LogP contribution in [0.3, 0.4) is 0 Å². The third kappa shape index (κ3) is 6.58. The molecule has 0 radical (unpaired) electrons. The van der Waals surface area contributed by atoms with Crippen molar-refractivity contribution in [1.82, 2.24) is 5.32 Å². The minimum Gasteiger partial charge on any atom is -0.445 e. The first-order valence-corrected chi connectivity index (χ1v) is 7.13. The quantitative estimate of drug-likeness (QED) is 0.840. The second-order valence-electron chi connectivity index (χ2n) is 6.02. The molecule has 1 aromatic rings. The molecule has 3 N–H and O–H groups in total. The number of hydrogen-bond acceptors (Lipinski definition) is 4. The average Bonchev–Trinajstić information content (AvgIpc) is 2.41. The molecule has 122 valence electrons. The van der Waals surface area contributed by atoms with Crippen molar-refractivity contribution in [2.24, 2.45) is 5.73 Å². The number of rotatable bonds is 6. The van der Waals surface area contributed by atoms with Crippen molar-refractivity contribution in [2.45, 2.75) is 52.0 Å². The molecule has 22 heavy (non-hydrogen) atoms. The van der Waals surface area contributed by atoms with Crippen LogP contribution in [0.1, 0.15) is 33.3 Å². The summed E-state index contributed by atoms with van der Waals surface area (Å²) in [6, 6.07) is 8.29. The lowest BCUT2D eigenvalue weighted by atomic mass is 10.1. The van der Waals surface area contributed by atoms with Crippen LogP contribution in [0.15, 0.2) is 30.3 Å². The molecular weight excluding hydrogens is 284 g/mol. The monoisotopic (exact) mass is 308 g/mol. The van der Waals surface area contributed by atoms with E-state index in [0.717, 1.165) is 5.56 Å². The smallest absolute Gasteiger partial charge is 0.408 e. The first-order valence-electron chi connectivity index (χ1n) is 7.13. The molecule has 6 nitrogen and oxygen atoms in total. The van der Waals surface area contributed by atoms with Gasteiger partial charge < -0.3 is 20.5 Å². The molecule has 1 rings (SSSR count). The fourth-order valence-electron chi connectivity index (χ4n) is 1.94. The zero-order valence-electron chi connectivity index (χ0n) is 13.5. The first kappa shape index (κ1) is 18.0. The van der Waals surface area contributed by atoms with Gasteiger partial charge in [-0.1, -0.05) is 30.3 Å². The number of carbonyl (C=O) groups excluding carboxylic acids is 2. The van der Waals surface area contributed by atoms with Gasteiger partial charge in [-0.05, 0) is 33.3 Å². The summed E-state index contributed by atoms with van der Waals surface area (Å²) in [6.07, 6.45) is -1.28. The van der Waals surface area contributed by atoms with Gasteiger partial charge in [0.05, 0.1) is 11.7 Å². The normalized spacial score (nSPS) is 14.0. The number of benzene rings is 1. The fourth-order valence-corrected chi connectivity index (χ4v) is 1.94. The van der Waals surface area contributed by atoms with Crippen LogP contribution in [0, 0.1) is 0 Å². The highest BCUT2D eigenvalue weighted by molar-refractivity contribution is 5.84. The highest BCUT2D eigenvalue weighted by Crippen LogP contribution is 2.13. The molecule has 2 atom stereocenters. The third-order valence-electron chi connectivity index (χ3n) is 2.80. The van der Waals surface area contributed by atoms with Gasteiger partial charge in [-0.25, -0.2) is 4.79 Å². The Morgan fingerprint density at radius 3 is 2.32 bits per heavy atom. The molecule has 0 aliphatic rings. The summed E-state index contributed by atoms with van der Waals surface area (Å²) in [6.45, 7) is 7.37. The number of alkyl carbamates (subject to hydrolysis) is 1. The summed E-state index contributed by atoms with van der Waals surface area (Å²) in [4.78, 5) is 23.3. The van der Waals surface area contributed by atoms with Crippen LogP contribution in [0.25, 0.3) is 0 Å². The highest BCUT2D eigenvalue weighted by Gasteiger charge is 2.29. The minimum absolute atomic E-state index is 0.118. The number of nitrogens with one attached hydrogen (secondary N) is 1. The van der Waals surface area contributed by atoms with E-state index in [2.05, 4.69) is 5.32 Å². The summed E-state index contributed by atoms with van der Waals surface area (Å²) in [7, 11) is 0. The standard InChI is InChI=1S/C16H24N2O4/c1-11(22-16(2,3)4)13(14(17)19)18-15(20)21-10-12-8-6-5-7-9-12/h5-9,11,13H,10H2,1-4H3,(H2,17,19)(H,18,20)/t11?,13-/m0/s1. The third-order valence-corrected chi connectivity index (χ3v) is 2.80. The van der Waals surface area contributed by atoms with Gasteiger partial charge in [-0.3, -0.25) is 4.79 Å². The van der Waals surface area contributed by atoms with E-state index in [1.165, 1.54) is 0 Å². The molecule has 0 heterocycles. The van der Waals surface area contributed by atoms with Gasteiger partial charge in [-0.15, -0.1) is 0 Å². The lowest BCUT2D eigenvalue weighted by Crippen LogP contribution is -2.53. The molecule has 0 fully saturated rings. The molecule has 0 aliphatic heterocycles. The zero-order chi connectivity index (χ0) is 16.8. The maximum absolute atomic E-state index is 11.8. The van der Waals surface area contributed by atoms with Gasteiger partial charge >= 0.3 is 6.09 Å². The van der Waals surface area contributed by atoms with Crippen LogP contribution in [0.4, 0.5) is 4.79 Å². The number of nitrogens with two attached hydrogens (primary N) is 1. The lowest BCUT2D eigenvalue weighted by Gasteiger charge is -2.29. The predicted molar refractivity (Wildman–Crippen MR) is 83.0 cm³/mol. The number of primary amides is 1. The Bertz CT molecular complexity index is 497. The Morgan fingerprint density at radius 1 is 1.23 bits per heavy atom. The molecule has 0 aromatic heterocycles. The van der Waals surface area contributed by atoms with Crippen molar-refractivity contribution in [3.8, 4) is 0 Å². The Kier molecular flexibility index (Phi) is 6.37. The van der Waals surface area contributed by atoms with E-state index in [0.29, 0.717) is 0 Å². The minimum atomic E-state index is -0.956. The second-order valence-corrected chi connectivity index (χ2v) is 6.02. The van der Waals surface area contributed by atoms with E-state index >= 15 is 0 Å². The van der Waals surface area contributed by atoms with E-state index < -0.39 is 29.7 Å². The number of hydrogen-bond donors (Lipinski definition) is 2. The van der Waals surface area contributed by atoms with Crippen LogP contribution >= 0.6 is 0 Å². The van der Waals surface area contributed by atoms with Gasteiger partial charge in [0.25, 0.3) is 0 Å². The first-order chi connectivity index (χ1) is 10.2. The zero-order valence-corrected chi connectivity index (χ0v) is 13.5. The maximum atomic E-state index is 11.8. The van der Waals surface area contributed by atoms with Crippen LogP contribution in [0.2, 0.25) is 0 Å². The largest absolute Gasteiger partial charge is 0.445 e. The van der Waals surface area contributed by atoms with E-state index in [1.807, 2.05) is 51.1 Å². The Hall–Kier alpha value is -2.08. The number of amides is 2. The average molecular weight is 308 g/mol. The van der Waals surface area contributed by atoms with Gasteiger partial charge in [0.2, 0.25) is 5.91 Å². The summed E-state index contributed by atoms with van der Waals surface area (Å²) in [5.41, 5.74) is 5.72. The van der Waals surface area contributed by atoms with Crippen molar-refractivity contribution in [3.63, 3.8) is 0 Å². The molecule has 2 amide bonds. The molecule has 0 bridgehead atoms. The Morgan fingerprint density at radius 2 is 1.82 bits per heavy atom. The van der Waals surface area contributed by atoms with Gasteiger partial charge in [0, 0.05) is 0 Å². The highest BCUT2D eigenvalue weighted by atomic mass is 16.5. The van der Waals surface area contributed by atoms with Crippen molar-refractivity contribution in [2.75, 3.05) is 0 Å². The van der Waals surface area contributed by atoms with Crippen LogP contribution in [0.5, 0.6) is 0 Å². The van der Waals surface area contributed by atoms with Crippen molar-refractivity contribution >= 4 is 12.0 Å². The maximum Gasteiger partial charge on any atom is 0.408 e. The van der Waals surface area contributed by atoms with Crippen LogP contribution in [-0.2, 0) is 20.9 Å². The van der Waals surface area contributed by atoms with Crippen LogP contribution < -0.4 is 11.1 Å². The van der Waals surface area contributed by atoms with Gasteiger partial charge in [0.15, 0.2) is 0 Å². The molecule has 0 saturated heterocycles. The SMILES string of the molecule is CC(OC(C)(C)C)[C@H](NC(=O)OCc1ccccc1)C(N)=O. The predicted octanol–water partition coefficient (Wildman–Crippen LogP) is 1.97. The topological polar surface area (TPSA) is 90.7 Å². The molecular formula is C16H24N2O4. The summed E-state index contributed by atoms with van der Waals surface area (Å²) < 4.78 is 10.7. The van der Waals surface area contributed by atoms with Crippen molar-refractivity contribution < 1.29 is 19.1 Å². The van der Waals surface area contributed by atoms with Crippen molar-refractivity contribution in [3.05, 3.63) is 35.9 Å². The van der Waals surface area contributed by atoms with Crippen molar-refractivity contribution in [1.29, 1.82) is 0 Å². The molecule has 0 aliphatic carbocycles. The lowest BCUT2D eigenvalue weighted by molar-refractivity contribution is -0.127. The fraction of sp³-hybridized carbons (Fsp3) is 0.500. The molecule has 1 unspecified atom stereocenters. The molecule has 0 saturated carbocycles. The summed E-state index contributed by atoms with van der Waals surface area (Å²) in [5.74, 6) is -0.673. The molecule has 6 heteroatoms. The Labute approximate surface area is 131 Å².